The zero-order valence-electron chi connectivity index (χ0n) is 30.1. The van der Waals surface area contributed by atoms with Crippen LogP contribution >= 0.6 is 0 Å². The van der Waals surface area contributed by atoms with E-state index in [1.807, 2.05) is 84.9 Å². The van der Waals surface area contributed by atoms with E-state index in [1.165, 1.54) is 0 Å². The highest BCUT2D eigenvalue weighted by molar-refractivity contribution is 7.91. The van der Waals surface area contributed by atoms with E-state index in [4.69, 9.17) is 15.0 Å². The number of hydrogen-bond acceptors (Lipinski definition) is 5. The van der Waals surface area contributed by atoms with Crippen LogP contribution in [0.2, 0.25) is 0 Å². The minimum atomic E-state index is -3.73. The second-order valence-electron chi connectivity index (χ2n) is 14.0. The summed E-state index contributed by atoms with van der Waals surface area (Å²) in [5, 5.41) is 2.29. The Morgan fingerprint density at radius 1 is 0.339 bits per heavy atom. The molecule has 0 atom stereocenters. The van der Waals surface area contributed by atoms with Gasteiger partial charge < -0.3 is 0 Å². The van der Waals surface area contributed by atoms with Gasteiger partial charge in [0.05, 0.1) is 15.2 Å². The number of nitrogens with zero attached hydrogens (tertiary/aromatic N) is 3. The van der Waals surface area contributed by atoms with Crippen molar-refractivity contribution >= 4 is 20.6 Å². The molecule has 2 heterocycles. The fourth-order valence-electron chi connectivity index (χ4n) is 8.17. The Labute approximate surface area is 325 Å². The number of hydrogen-bond donors (Lipinski definition) is 0. The molecule has 8 aromatic carbocycles. The fourth-order valence-corrected chi connectivity index (χ4v) is 9.94. The average molecular weight is 740 g/mol. The highest BCUT2D eigenvalue weighted by Crippen LogP contribution is 2.53. The van der Waals surface area contributed by atoms with Gasteiger partial charge in [0.15, 0.2) is 17.5 Å². The van der Waals surface area contributed by atoms with Crippen molar-refractivity contribution in [2.75, 3.05) is 0 Å². The van der Waals surface area contributed by atoms with Gasteiger partial charge in [0, 0.05) is 16.7 Å². The van der Waals surface area contributed by atoms with Crippen molar-refractivity contribution in [1.29, 1.82) is 0 Å². The Morgan fingerprint density at radius 2 is 0.750 bits per heavy atom. The van der Waals surface area contributed by atoms with Crippen molar-refractivity contribution in [3.63, 3.8) is 0 Å². The van der Waals surface area contributed by atoms with Gasteiger partial charge in [-0.3, -0.25) is 0 Å². The van der Waals surface area contributed by atoms with Crippen LogP contribution in [0, 0.1) is 0 Å². The molecule has 9 aromatic rings. The van der Waals surface area contributed by atoms with Gasteiger partial charge in [-0.05, 0) is 62.4 Å². The Balaban J connectivity index is 1.06. The molecule has 0 bridgehead atoms. The molecule has 56 heavy (non-hydrogen) atoms. The zero-order chi connectivity index (χ0) is 37.7. The number of fused-ring (bicyclic) bond motifs is 3. The molecule has 266 valence electrons. The van der Waals surface area contributed by atoms with E-state index in [0.717, 1.165) is 60.8 Å². The number of aromatic nitrogens is 3. The maximum absolute atomic E-state index is 14.0. The Bertz CT molecular complexity index is 2970. The molecule has 0 radical (unpaired) electrons. The van der Waals surface area contributed by atoms with Crippen LogP contribution in [-0.4, -0.2) is 23.4 Å². The zero-order valence-corrected chi connectivity index (χ0v) is 30.9. The van der Waals surface area contributed by atoms with Gasteiger partial charge in [-0.15, -0.1) is 0 Å². The molecular weight excluding hydrogens is 707 g/mol. The first-order valence-electron chi connectivity index (χ1n) is 18.5. The van der Waals surface area contributed by atoms with Crippen LogP contribution in [0.25, 0.3) is 56.1 Å². The summed E-state index contributed by atoms with van der Waals surface area (Å²) in [5.74, 6) is 1.83. The van der Waals surface area contributed by atoms with Crippen LogP contribution in [0.1, 0.15) is 22.3 Å². The largest absolute Gasteiger partial charge is 0.218 e. The first-order valence-corrected chi connectivity index (χ1v) is 20.0. The second kappa shape index (κ2) is 13.4. The standard InChI is InChI=1S/C50H33N3O2S/c54-56(55)45-21-11-9-19-43(45)50(41-17-5-2-6-18-41,44-20-10-12-22-46(44)56)42-31-29-36(30-32-42)35-23-26-38(27-24-35)48-51-47(37-14-3-1-4-15-37)52-49(53-48)40-28-25-34-13-7-8-16-39(34)33-40/h1-33H. The Hall–Kier alpha value is -7.02. The van der Waals surface area contributed by atoms with E-state index in [-0.39, 0.29) is 0 Å². The van der Waals surface area contributed by atoms with Crippen molar-refractivity contribution in [2.24, 2.45) is 0 Å². The summed E-state index contributed by atoms with van der Waals surface area (Å²) in [5.41, 5.74) is 7.43. The highest BCUT2D eigenvalue weighted by atomic mass is 32.2. The van der Waals surface area contributed by atoms with Crippen LogP contribution in [0.15, 0.2) is 210 Å². The molecule has 0 fully saturated rings. The molecule has 5 nitrogen and oxygen atoms in total. The summed E-state index contributed by atoms with van der Waals surface area (Å²) >= 11 is 0. The predicted molar refractivity (Wildman–Crippen MR) is 223 cm³/mol. The van der Waals surface area contributed by atoms with Crippen LogP contribution in [0.4, 0.5) is 0 Å². The van der Waals surface area contributed by atoms with E-state index >= 15 is 0 Å². The van der Waals surface area contributed by atoms with E-state index in [9.17, 15) is 8.42 Å². The molecule has 6 heteroatoms. The van der Waals surface area contributed by atoms with Gasteiger partial charge in [0.2, 0.25) is 9.84 Å². The summed E-state index contributed by atoms with van der Waals surface area (Å²) in [7, 11) is -3.73. The monoisotopic (exact) mass is 739 g/mol. The van der Waals surface area contributed by atoms with Gasteiger partial charge >= 0.3 is 0 Å². The predicted octanol–water partition coefficient (Wildman–Crippen LogP) is 11.2. The van der Waals surface area contributed by atoms with Crippen LogP contribution in [0.5, 0.6) is 0 Å². The van der Waals surface area contributed by atoms with Gasteiger partial charge in [-0.1, -0.05) is 182 Å². The van der Waals surface area contributed by atoms with E-state index in [1.54, 1.807) is 24.3 Å². The van der Waals surface area contributed by atoms with Crippen molar-refractivity contribution in [2.45, 2.75) is 15.2 Å². The summed E-state index contributed by atoms with van der Waals surface area (Å²) in [6.45, 7) is 0. The van der Waals surface area contributed by atoms with Crippen molar-refractivity contribution in [3.05, 3.63) is 222 Å². The van der Waals surface area contributed by atoms with Crippen LogP contribution in [0.3, 0.4) is 0 Å². The molecule has 0 amide bonds. The van der Waals surface area contributed by atoms with E-state index in [2.05, 4.69) is 91.0 Å². The lowest BCUT2D eigenvalue weighted by Gasteiger charge is -2.41. The van der Waals surface area contributed by atoms with E-state index < -0.39 is 15.3 Å². The molecule has 1 aromatic heterocycles. The fraction of sp³-hybridized carbons (Fsp3) is 0.0200. The summed E-state index contributed by atoms with van der Waals surface area (Å²) < 4.78 is 28.1. The Kier molecular flexibility index (Phi) is 8.01. The first-order chi connectivity index (χ1) is 27.5. The van der Waals surface area contributed by atoms with E-state index in [0.29, 0.717) is 27.3 Å². The van der Waals surface area contributed by atoms with Crippen molar-refractivity contribution in [3.8, 4) is 45.3 Å². The third-order valence-corrected chi connectivity index (χ3v) is 12.7. The van der Waals surface area contributed by atoms with Gasteiger partial charge in [0.1, 0.15) is 0 Å². The molecule has 0 saturated carbocycles. The number of rotatable bonds is 6. The average Bonchev–Trinajstić information content (AvgIpc) is 3.27. The highest BCUT2D eigenvalue weighted by Gasteiger charge is 2.48. The van der Waals surface area contributed by atoms with Gasteiger partial charge in [0.25, 0.3) is 0 Å². The molecule has 10 rings (SSSR count). The molecule has 1 aliphatic heterocycles. The summed E-state index contributed by atoms with van der Waals surface area (Å²) in [6.07, 6.45) is 0. The third-order valence-electron chi connectivity index (χ3n) is 10.8. The first kappa shape index (κ1) is 33.5. The molecule has 0 unspecified atom stereocenters. The molecule has 0 saturated heterocycles. The maximum Gasteiger partial charge on any atom is 0.207 e. The SMILES string of the molecule is O=S1(=O)c2ccccc2C(c2ccccc2)(c2ccc(-c3ccc(-c4nc(-c5ccccc5)nc(-c5ccc6ccccc6c5)n4)cc3)cc2)c2ccccc21. The minimum Gasteiger partial charge on any atom is -0.218 e. The molecule has 0 spiro atoms. The second-order valence-corrected chi connectivity index (χ2v) is 15.9. The quantitative estimate of drug-likeness (QED) is 0.170. The minimum absolute atomic E-state index is 0.333. The van der Waals surface area contributed by atoms with Crippen molar-refractivity contribution in [1.82, 2.24) is 15.0 Å². The number of benzene rings is 8. The lowest BCUT2D eigenvalue weighted by molar-refractivity contribution is 0.579. The maximum atomic E-state index is 14.0. The summed E-state index contributed by atoms with van der Waals surface area (Å²) in [4.78, 5) is 15.5. The molecule has 0 N–H and O–H groups in total. The third kappa shape index (κ3) is 5.45. The molecular formula is C50H33N3O2S. The summed E-state index contributed by atoms with van der Waals surface area (Å²) in [6, 6.07) is 66.4. The normalized spacial score (nSPS) is 13.8. The Morgan fingerprint density at radius 3 is 1.36 bits per heavy atom. The van der Waals surface area contributed by atoms with Gasteiger partial charge in [-0.25, -0.2) is 23.4 Å². The lowest BCUT2D eigenvalue weighted by atomic mass is 9.64. The smallest absolute Gasteiger partial charge is 0.207 e. The van der Waals surface area contributed by atoms with Crippen molar-refractivity contribution < 1.29 is 8.42 Å². The molecule has 1 aliphatic rings. The molecule has 0 aliphatic carbocycles. The number of sulfone groups is 1. The van der Waals surface area contributed by atoms with Gasteiger partial charge in [-0.2, -0.15) is 0 Å². The lowest BCUT2D eigenvalue weighted by Crippen LogP contribution is -2.37. The van der Waals surface area contributed by atoms with Crippen LogP contribution in [-0.2, 0) is 15.3 Å². The topological polar surface area (TPSA) is 72.8 Å². The van der Waals surface area contributed by atoms with Crippen LogP contribution < -0.4 is 0 Å².